The van der Waals surface area contributed by atoms with Gasteiger partial charge in [-0.1, -0.05) is 27.5 Å². The molecule has 1 N–H and O–H groups in total. The van der Waals surface area contributed by atoms with Crippen LogP contribution in [0.15, 0.2) is 40.9 Å². The van der Waals surface area contributed by atoms with Crippen molar-refractivity contribution in [2.75, 3.05) is 12.4 Å². The van der Waals surface area contributed by atoms with E-state index in [1.807, 2.05) is 0 Å². The number of rotatable bonds is 6. The number of halogens is 3. The van der Waals surface area contributed by atoms with Crippen LogP contribution in [0.3, 0.4) is 0 Å². The van der Waals surface area contributed by atoms with E-state index in [0.717, 1.165) is 0 Å². The molecule has 2 aromatic carbocycles. The molecule has 0 fully saturated rings. The number of carbonyl (C=O) groups excluding carboxylic acids is 2. The largest absolute Gasteiger partial charge is 0.496 e. The second kappa shape index (κ2) is 8.26. The lowest BCUT2D eigenvalue weighted by Gasteiger charge is -2.09. The predicted octanol–water partition coefficient (Wildman–Crippen LogP) is 4.85. The van der Waals surface area contributed by atoms with Gasteiger partial charge in [-0.2, -0.15) is 0 Å². The molecule has 0 aromatic heterocycles. The van der Waals surface area contributed by atoms with Crippen molar-refractivity contribution in [3.8, 4) is 5.75 Å². The van der Waals surface area contributed by atoms with E-state index in [1.165, 1.54) is 25.3 Å². The summed E-state index contributed by atoms with van der Waals surface area (Å²) in [7, 11) is 1.45. The smallest absolute Gasteiger partial charge is 0.224 e. The van der Waals surface area contributed by atoms with E-state index in [2.05, 4.69) is 21.2 Å². The molecule has 0 unspecified atom stereocenters. The zero-order valence-corrected chi connectivity index (χ0v) is 15.1. The van der Waals surface area contributed by atoms with Crippen molar-refractivity contribution in [2.24, 2.45) is 0 Å². The van der Waals surface area contributed by atoms with Gasteiger partial charge in [-0.05, 0) is 36.4 Å². The highest BCUT2D eigenvalue weighted by atomic mass is 79.9. The normalized spacial score (nSPS) is 10.3. The van der Waals surface area contributed by atoms with Gasteiger partial charge in [0.25, 0.3) is 0 Å². The third-order valence-electron chi connectivity index (χ3n) is 3.25. The standard InChI is InChI=1S/C17H14BrClFNO3/c1-24-16-6-3-11(19)9-12(16)15(22)5-7-17(23)21-14-4-2-10(18)8-13(14)20/h2-4,6,8-9H,5,7H2,1H3,(H,21,23). The van der Waals surface area contributed by atoms with Crippen LogP contribution in [0.1, 0.15) is 23.2 Å². The van der Waals surface area contributed by atoms with E-state index >= 15 is 0 Å². The number of nitrogens with one attached hydrogen (secondary N) is 1. The molecule has 0 aliphatic rings. The predicted molar refractivity (Wildman–Crippen MR) is 94.3 cm³/mol. The van der Waals surface area contributed by atoms with Gasteiger partial charge < -0.3 is 10.1 Å². The Morgan fingerprint density at radius 3 is 2.62 bits per heavy atom. The highest BCUT2D eigenvalue weighted by molar-refractivity contribution is 9.10. The number of amides is 1. The van der Waals surface area contributed by atoms with E-state index < -0.39 is 11.7 Å². The van der Waals surface area contributed by atoms with Crippen LogP contribution >= 0.6 is 27.5 Å². The van der Waals surface area contributed by atoms with Gasteiger partial charge in [-0.15, -0.1) is 0 Å². The first-order valence-corrected chi connectivity index (χ1v) is 8.19. The van der Waals surface area contributed by atoms with Crippen molar-refractivity contribution in [1.82, 2.24) is 0 Å². The van der Waals surface area contributed by atoms with Gasteiger partial charge in [0, 0.05) is 22.3 Å². The summed E-state index contributed by atoms with van der Waals surface area (Å²) in [5.74, 6) is -0.893. The van der Waals surface area contributed by atoms with Crippen molar-refractivity contribution in [3.63, 3.8) is 0 Å². The molecule has 0 heterocycles. The van der Waals surface area contributed by atoms with Crippen molar-refractivity contribution in [1.29, 1.82) is 0 Å². The van der Waals surface area contributed by atoms with Crippen LogP contribution in [0.2, 0.25) is 5.02 Å². The summed E-state index contributed by atoms with van der Waals surface area (Å²) in [6.07, 6.45) is -0.120. The number of hydrogen-bond donors (Lipinski definition) is 1. The molecular weight excluding hydrogens is 401 g/mol. The number of carbonyl (C=O) groups is 2. The van der Waals surface area contributed by atoms with Crippen LogP contribution in [-0.4, -0.2) is 18.8 Å². The van der Waals surface area contributed by atoms with Crippen LogP contribution < -0.4 is 10.1 Å². The lowest BCUT2D eigenvalue weighted by Crippen LogP contribution is -2.14. The molecule has 2 aromatic rings. The molecule has 126 valence electrons. The zero-order valence-electron chi connectivity index (χ0n) is 12.7. The first-order chi connectivity index (χ1) is 11.4. The van der Waals surface area contributed by atoms with Crippen molar-refractivity contribution in [2.45, 2.75) is 12.8 Å². The minimum atomic E-state index is -0.555. The summed E-state index contributed by atoms with van der Waals surface area (Å²) >= 11 is 9.02. The Kier molecular flexibility index (Phi) is 6.34. The Balaban J connectivity index is 1.99. The number of anilines is 1. The molecule has 2 rings (SSSR count). The summed E-state index contributed by atoms with van der Waals surface area (Å²) in [4.78, 5) is 24.2. The molecule has 0 aliphatic heterocycles. The van der Waals surface area contributed by atoms with Crippen LogP contribution in [0.25, 0.3) is 0 Å². The zero-order chi connectivity index (χ0) is 17.7. The molecular formula is C17H14BrClFNO3. The molecule has 1 amide bonds. The number of benzene rings is 2. The summed E-state index contributed by atoms with van der Waals surface area (Å²) in [5, 5.41) is 2.84. The number of ketones is 1. The first kappa shape index (κ1) is 18.4. The number of hydrogen-bond acceptors (Lipinski definition) is 3. The fourth-order valence-electron chi connectivity index (χ4n) is 2.06. The Labute approximate surface area is 152 Å². The van der Waals surface area contributed by atoms with Crippen molar-refractivity contribution in [3.05, 3.63) is 57.3 Å². The van der Waals surface area contributed by atoms with Gasteiger partial charge in [-0.3, -0.25) is 9.59 Å². The first-order valence-electron chi connectivity index (χ1n) is 7.02. The maximum atomic E-state index is 13.7. The SMILES string of the molecule is COc1ccc(Cl)cc1C(=O)CCC(=O)Nc1ccc(Br)cc1F. The van der Waals surface area contributed by atoms with Gasteiger partial charge in [0.1, 0.15) is 11.6 Å². The molecule has 0 saturated carbocycles. The molecule has 0 spiro atoms. The number of Topliss-reactive ketones (excluding diaryl/α,β-unsaturated/α-hetero) is 1. The molecule has 0 atom stereocenters. The Morgan fingerprint density at radius 2 is 1.96 bits per heavy atom. The quantitative estimate of drug-likeness (QED) is 0.687. The molecule has 0 bridgehead atoms. The maximum absolute atomic E-state index is 13.7. The minimum absolute atomic E-state index is 0.0410. The van der Waals surface area contributed by atoms with E-state index in [1.54, 1.807) is 18.2 Å². The summed E-state index contributed by atoms with van der Waals surface area (Å²) in [6, 6.07) is 9.00. The fourth-order valence-corrected chi connectivity index (χ4v) is 2.57. The van der Waals surface area contributed by atoms with Gasteiger partial charge in [-0.25, -0.2) is 4.39 Å². The second-order valence-corrected chi connectivity index (χ2v) is 6.29. The molecule has 0 radical (unpaired) electrons. The van der Waals surface area contributed by atoms with Gasteiger partial charge in [0.05, 0.1) is 18.4 Å². The maximum Gasteiger partial charge on any atom is 0.224 e. The summed E-state index contributed by atoms with van der Waals surface area (Å²) < 4.78 is 19.4. The molecule has 24 heavy (non-hydrogen) atoms. The third kappa shape index (κ3) is 4.79. The molecule has 4 nitrogen and oxygen atoms in total. The highest BCUT2D eigenvalue weighted by Gasteiger charge is 2.15. The number of methoxy groups -OCH3 is 1. The van der Waals surface area contributed by atoms with Crippen LogP contribution in [0, 0.1) is 5.82 Å². The molecule has 0 saturated heterocycles. The van der Waals surface area contributed by atoms with Gasteiger partial charge >= 0.3 is 0 Å². The van der Waals surface area contributed by atoms with Gasteiger partial charge in [0.15, 0.2) is 5.78 Å². The van der Waals surface area contributed by atoms with Crippen LogP contribution in [-0.2, 0) is 4.79 Å². The fraction of sp³-hybridized carbons (Fsp3) is 0.176. The van der Waals surface area contributed by atoms with E-state index in [-0.39, 0.29) is 24.3 Å². The van der Waals surface area contributed by atoms with Crippen LogP contribution in [0.5, 0.6) is 5.75 Å². The summed E-state index contributed by atoms with van der Waals surface area (Å²) in [6.45, 7) is 0. The highest BCUT2D eigenvalue weighted by Crippen LogP contribution is 2.24. The third-order valence-corrected chi connectivity index (χ3v) is 3.97. The van der Waals surface area contributed by atoms with E-state index in [9.17, 15) is 14.0 Å². The van der Waals surface area contributed by atoms with Gasteiger partial charge in [0.2, 0.25) is 5.91 Å². The topological polar surface area (TPSA) is 55.4 Å². The Bertz CT molecular complexity index is 782. The molecule has 7 heteroatoms. The van der Waals surface area contributed by atoms with E-state index in [4.69, 9.17) is 16.3 Å². The van der Waals surface area contributed by atoms with Crippen molar-refractivity contribution >= 4 is 44.9 Å². The average Bonchev–Trinajstić information content (AvgIpc) is 2.55. The van der Waals surface area contributed by atoms with Crippen LogP contribution in [0.4, 0.5) is 10.1 Å². The lowest BCUT2D eigenvalue weighted by molar-refractivity contribution is -0.116. The number of ether oxygens (including phenoxy) is 1. The minimum Gasteiger partial charge on any atom is -0.496 e. The van der Waals surface area contributed by atoms with E-state index in [0.29, 0.717) is 20.8 Å². The molecule has 0 aliphatic carbocycles. The Hall–Kier alpha value is -1.92. The van der Waals surface area contributed by atoms with Crippen molar-refractivity contribution < 1.29 is 18.7 Å². The lowest BCUT2D eigenvalue weighted by atomic mass is 10.1. The monoisotopic (exact) mass is 413 g/mol. The Morgan fingerprint density at radius 1 is 1.21 bits per heavy atom. The second-order valence-electron chi connectivity index (χ2n) is 4.94. The summed E-state index contributed by atoms with van der Waals surface area (Å²) in [5.41, 5.74) is 0.378. The average molecular weight is 415 g/mol.